The van der Waals surface area contributed by atoms with E-state index in [2.05, 4.69) is 5.32 Å². The first-order valence-electron chi connectivity index (χ1n) is 14.6. The van der Waals surface area contributed by atoms with Gasteiger partial charge >= 0.3 is 0 Å². The van der Waals surface area contributed by atoms with Crippen LogP contribution < -0.4 is 9.62 Å². The molecule has 0 aliphatic rings. The average molecular weight is 616 g/mol. The van der Waals surface area contributed by atoms with Crippen molar-refractivity contribution in [1.29, 1.82) is 0 Å². The van der Waals surface area contributed by atoms with Gasteiger partial charge in [-0.2, -0.15) is 0 Å². The molecular formula is C35H38FN3O4S. The quantitative estimate of drug-likeness (QED) is 0.202. The summed E-state index contributed by atoms with van der Waals surface area (Å²) in [5.74, 6) is -1.15. The van der Waals surface area contributed by atoms with Gasteiger partial charge in [-0.1, -0.05) is 86.6 Å². The normalized spacial score (nSPS) is 12.0. The van der Waals surface area contributed by atoms with E-state index in [1.165, 1.54) is 29.2 Å². The predicted molar refractivity (Wildman–Crippen MR) is 171 cm³/mol. The minimum absolute atomic E-state index is 0.0285. The highest BCUT2D eigenvalue weighted by molar-refractivity contribution is 7.92. The Morgan fingerprint density at radius 2 is 1.39 bits per heavy atom. The Labute approximate surface area is 259 Å². The molecule has 0 aromatic heterocycles. The van der Waals surface area contributed by atoms with Crippen LogP contribution in [-0.2, 0) is 32.6 Å². The minimum Gasteiger partial charge on any atom is -0.355 e. The topological polar surface area (TPSA) is 86.8 Å². The molecule has 4 rings (SSSR count). The van der Waals surface area contributed by atoms with Crippen molar-refractivity contribution in [2.45, 2.75) is 50.6 Å². The summed E-state index contributed by atoms with van der Waals surface area (Å²) in [6.45, 7) is 5.64. The smallest absolute Gasteiger partial charge is 0.264 e. The number of anilines is 1. The molecule has 9 heteroatoms. The zero-order valence-corrected chi connectivity index (χ0v) is 26.0. The fraction of sp³-hybridized carbons (Fsp3) is 0.257. The van der Waals surface area contributed by atoms with E-state index in [-0.39, 0.29) is 29.7 Å². The van der Waals surface area contributed by atoms with Crippen LogP contribution in [0, 0.1) is 5.82 Å². The Bertz CT molecular complexity index is 1630. The SMILES string of the molecule is CCNC(=O)[C@H](Cc1ccccc1)N(Cc1ccc(F)cc1)C(=O)CN(c1ccc(C(C)C)cc1)S(=O)(=O)c1ccccc1. The number of carbonyl (C=O) groups excluding carboxylic acids is 2. The minimum atomic E-state index is -4.17. The van der Waals surface area contributed by atoms with Gasteiger partial charge in [0.05, 0.1) is 10.6 Å². The molecule has 4 aromatic rings. The lowest BCUT2D eigenvalue weighted by Crippen LogP contribution is -2.53. The third kappa shape index (κ3) is 8.11. The van der Waals surface area contributed by atoms with Crippen molar-refractivity contribution in [2.75, 3.05) is 17.4 Å². The number of benzene rings is 4. The van der Waals surface area contributed by atoms with E-state index in [4.69, 9.17) is 0 Å². The second kappa shape index (κ2) is 14.8. The summed E-state index contributed by atoms with van der Waals surface area (Å²) >= 11 is 0. The number of nitrogens with zero attached hydrogens (tertiary/aromatic N) is 2. The second-order valence-corrected chi connectivity index (χ2v) is 12.7. The van der Waals surface area contributed by atoms with E-state index in [9.17, 15) is 22.4 Å². The van der Waals surface area contributed by atoms with Crippen molar-refractivity contribution in [1.82, 2.24) is 10.2 Å². The molecule has 1 N–H and O–H groups in total. The van der Waals surface area contributed by atoms with E-state index >= 15 is 0 Å². The van der Waals surface area contributed by atoms with Crippen LogP contribution in [0.2, 0.25) is 0 Å². The van der Waals surface area contributed by atoms with Crippen molar-refractivity contribution < 1.29 is 22.4 Å². The summed E-state index contributed by atoms with van der Waals surface area (Å²) in [6.07, 6.45) is 0.203. The largest absolute Gasteiger partial charge is 0.355 e. The number of halogens is 1. The van der Waals surface area contributed by atoms with E-state index in [1.54, 1.807) is 49.4 Å². The van der Waals surface area contributed by atoms with Gasteiger partial charge in [-0.3, -0.25) is 13.9 Å². The molecule has 1 atom stereocenters. The first kappa shape index (κ1) is 32.4. The molecule has 2 amide bonds. The van der Waals surface area contributed by atoms with Crippen molar-refractivity contribution >= 4 is 27.5 Å². The van der Waals surface area contributed by atoms with Crippen LogP contribution >= 0.6 is 0 Å². The van der Waals surface area contributed by atoms with Crippen molar-refractivity contribution in [3.05, 3.63) is 132 Å². The molecule has 0 unspecified atom stereocenters. The van der Waals surface area contributed by atoms with Crippen LogP contribution in [0.1, 0.15) is 43.4 Å². The fourth-order valence-corrected chi connectivity index (χ4v) is 6.34. The highest BCUT2D eigenvalue weighted by Gasteiger charge is 2.34. The van der Waals surface area contributed by atoms with Gasteiger partial charge in [-0.25, -0.2) is 12.8 Å². The van der Waals surface area contributed by atoms with Gasteiger partial charge in [0.1, 0.15) is 18.4 Å². The summed E-state index contributed by atoms with van der Waals surface area (Å²) in [7, 11) is -4.17. The number of sulfonamides is 1. The van der Waals surface area contributed by atoms with Crippen LogP contribution in [0.4, 0.5) is 10.1 Å². The zero-order valence-electron chi connectivity index (χ0n) is 25.2. The average Bonchev–Trinajstić information content (AvgIpc) is 3.03. The van der Waals surface area contributed by atoms with Crippen LogP contribution in [-0.4, -0.2) is 44.3 Å². The molecule has 0 aliphatic carbocycles. The summed E-state index contributed by atoms with van der Waals surface area (Å²) < 4.78 is 42.9. The molecule has 44 heavy (non-hydrogen) atoms. The lowest BCUT2D eigenvalue weighted by atomic mass is 10.0. The number of rotatable bonds is 13. The van der Waals surface area contributed by atoms with Gasteiger partial charge in [-0.15, -0.1) is 0 Å². The monoisotopic (exact) mass is 615 g/mol. The highest BCUT2D eigenvalue weighted by atomic mass is 32.2. The molecule has 0 heterocycles. The molecule has 0 saturated heterocycles. The molecule has 7 nitrogen and oxygen atoms in total. The summed E-state index contributed by atoms with van der Waals surface area (Å²) in [5, 5.41) is 2.83. The van der Waals surface area contributed by atoms with Crippen molar-refractivity contribution in [2.24, 2.45) is 0 Å². The Morgan fingerprint density at radius 3 is 1.95 bits per heavy atom. The molecule has 0 radical (unpaired) electrons. The van der Waals surface area contributed by atoms with Gasteiger partial charge < -0.3 is 10.2 Å². The Balaban J connectivity index is 1.79. The van der Waals surface area contributed by atoms with E-state index in [0.29, 0.717) is 17.8 Å². The van der Waals surface area contributed by atoms with E-state index < -0.39 is 34.3 Å². The first-order chi connectivity index (χ1) is 21.1. The van der Waals surface area contributed by atoms with Gasteiger partial charge in [0.2, 0.25) is 11.8 Å². The van der Waals surface area contributed by atoms with Crippen molar-refractivity contribution in [3.63, 3.8) is 0 Å². The van der Waals surface area contributed by atoms with Gasteiger partial charge in [-0.05, 0) is 65.9 Å². The molecule has 0 saturated carbocycles. The highest BCUT2D eigenvalue weighted by Crippen LogP contribution is 2.27. The third-order valence-electron chi connectivity index (χ3n) is 7.35. The summed E-state index contributed by atoms with van der Waals surface area (Å²) in [5.41, 5.74) is 2.78. The first-order valence-corrected chi connectivity index (χ1v) is 16.1. The summed E-state index contributed by atoms with van der Waals surface area (Å²) in [6, 6.07) is 29.1. The maximum absolute atomic E-state index is 14.4. The zero-order chi connectivity index (χ0) is 31.7. The third-order valence-corrected chi connectivity index (χ3v) is 9.13. The van der Waals surface area contributed by atoms with Gasteiger partial charge in [0, 0.05) is 19.5 Å². The molecule has 0 spiro atoms. The number of carbonyl (C=O) groups is 2. The molecule has 0 aliphatic heterocycles. The van der Waals surface area contributed by atoms with Crippen molar-refractivity contribution in [3.8, 4) is 0 Å². The number of nitrogens with one attached hydrogen (secondary N) is 1. The number of amides is 2. The lowest BCUT2D eigenvalue weighted by Gasteiger charge is -2.34. The van der Waals surface area contributed by atoms with E-state index in [1.807, 2.05) is 56.3 Å². The molecule has 0 fully saturated rings. The Kier molecular flexibility index (Phi) is 10.9. The van der Waals surface area contributed by atoms with E-state index in [0.717, 1.165) is 15.4 Å². The number of hydrogen-bond acceptors (Lipinski definition) is 4. The molecule has 230 valence electrons. The number of hydrogen-bond donors (Lipinski definition) is 1. The Morgan fingerprint density at radius 1 is 0.795 bits per heavy atom. The number of likely N-dealkylation sites (N-methyl/N-ethyl adjacent to an activating group) is 1. The molecular weight excluding hydrogens is 577 g/mol. The van der Waals surface area contributed by atoms with Gasteiger partial charge in [0.25, 0.3) is 10.0 Å². The fourth-order valence-electron chi connectivity index (χ4n) is 4.91. The maximum Gasteiger partial charge on any atom is 0.264 e. The standard InChI is InChI=1S/C35H38FN3O4S/c1-4-37-35(41)33(23-27-11-7-5-8-12-27)38(24-28-15-19-30(36)20-16-28)34(40)25-39(31-21-17-29(18-22-31)26(2)3)44(42,43)32-13-9-6-10-14-32/h5-22,26,33H,4,23-25H2,1-3H3,(H,37,41)/t33-/m0/s1. The predicted octanol–water partition coefficient (Wildman–Crippen LogP) is 5.92. The van der Waals surface area contributed by atoms with Crippen LogP contribution in [0.3, 0.4) is 0 Å². The van der Waals surface area contributed by atoms with Crippen LogP contribution in [0.25, 0.3) is 0 Å². The second-order valence-electron chi connectivity index (χ2n) is 10.8. The molecule has 0 bridgehead atoms. The lowest BCUT2D eigenvalue weighted by molar-refractivity contribution is -0.140. The summed E-state index contributed by atoms with van der Waals surface area (Å²) in [4.78, 5) is 29.3. The van der Waals surface area contributed by atoms with Crippen LogP contribution in [0.5, 0.6) is 0 Å². The van der Waals surface area contributed by atoms with Gasteiger partial charge in [0.15, 0.2) is 0 Å². The van der Waals surface area contributed by atoms with Crippen LogP contribution in [0.15, 0.2) is 114 Å². The molecule has 4 aromatic carbocycles. The maximum atomic E-state index is 14.4. The Hall–Kier alpha value is -4.50.